The van der Waals surface area contributed by atoms with Gasteiger partial charge in [0, 0.05) is 17.3 Å². The molecule has 1 aromatic rings. The van der Waals surface area contributed by atoms with Crippen LogP contribution in [-0.2, 0) is 9.53 Å². The molecular weight excluding hydrogens is 258 g/mol. The Hall–Kier alpha value is -1.79. The SMILES string of the molecule is NC(=O)OCCNCC(=O)Nc1ccc(Cl)cc1. The highest BCUT2D eigenvalue weighted by Crippen LogP contribution is 2.12. The van der Waals surface area contributed by atoms with E-state index in [2.05, 4.69) is 15.4 Å². The van der Waals surface area contributed by atoms with Gasteiger partial charge in [-0.05, 0) is 24.3 Å². The van der Waals surface area contributed by atoms with Gasteiger partial charge in [-0.1, -0.05) is 11.6 Å². The van der Waals surface area contributed by atoms with E-state index in [0.29, 0.717) is 17.3 Å². The van der Waals surface area contributed by atoms with Gasteiger partial charge in [0.2, 0.25) is 5.91 Å². The number of carbonyl (C=O) groups excluding carboxylic acids is 2. The number of carbonyl (C=O) groups is 2. The maximum atomic E-state index is 11.5. The summed E-state index contributed by atoms with van der Waals surface area (Å²) in [5.41, 5.74) is 5.44. The summed E-state index contributed by atoms with van der Waals surface area (Å²) in [6.07, 6.45) is -0.831. The van der Waals surface area contributed by atoms with Crippen molar-refractivity contribution in [1.82, 2.24) is 5.32 Å². The Morgan fingerprint density at radius 2 is 1.94 bits per heavy atom. The standard InChI is InChI=1S/C11H14ClN3O3/c12-8-1-3-9(4-2-8)15-10(16)7-14-5-6-18-11(13)17/h1-4,14H,5-7H2,(H2,13,17)(H,15,16). The second-order valence-electron chi connectivity index (χ2n) is 3.40. The Morgan fingerprint density at radius 3 is 2.56 bits per heavy atom. The minimum absolute atomic E-state index is 0.116. The molecule has 0 saturated heterocycles. The number of halogens is 1. The lowest BCUT2D eigenvalue weighted by atomic mass is 10.3. The Kier molecular flexibility index (Phi) is 5.96. The summed E-state index contributed by atoms with van der Waals surface area (Å²) in [4.78, 5) is 21.7. The second kappa shape index (κ2) is 7.52. The van der Waals surface area contributed by atoms with Crippen LogP contribution >= 0.6 is 11.6 Å². The molecule has 0 aliphatic carbocycles. The molecule has 0 heterocycles. The van der Waals surface area contributed by atoms with Gasteiger partial charge in [-0.3, -0.25) is 4.79 Å². The third-order valence-electron chi connectivity index (χ3n) is 1.94. The Morgan fingerprint density at radius 1 is 1.28 bits per heavy atom. The van der Waals surface area contributed by atoms with Gasteiger partial charge in [0.15, 0.2) is 0 Å². The van der Waals surface area contributed by atoms with Crippen LogP contribution in [0.3, 0.4) is 0 Å². The average molecular weight is 272 g/mol. The number of primary amides is 1. The average Bonchev–Trinajstić information content (AvgIpc) is 2.31. The lowest BCUT2D eigenvalue weighted by molar-refractivity contribution is -0.115. The number of nitrogens with one attached hydrogen (secondary N) is 2. The maximum Gasteiger partial charge on any atom is 0.404 e. The number of amides is 2. The van der Waals surface area contributed by atoms with Gasteiger partial charge in [-0.2, -0.15) is 0 Å². The van der Waals surface area contributed by atoms with Gasteiger partial charge in [0.05, 0.1) is 6.54 Å². The molecule has 0 aliphatic heterocycles. The van der Waals surface area contributed by atoms with E-state index in [0.717, 1.165) is 0 Å². The second-order valence-corrected chi connectivity index (χ2v) is 3.84. The van der Waals surface area contributed by atoms with Gasteiger partial charge in [-0.15, -0.1) is 0 Å². The molecule has 0 bridgehead atoms. The fourth-order valence-corrected chi connectivity index (χ4v) is 1.29. The fraction of sp³-hybridized carbons (Fsp3) is 0.273. The Bertz CT molecular complexity index is 408. The maximum absolute atomic E-state index is 11.5. The molecule has 0 atom stereocenters. The van der Waals surface area contributed by atoms with Crippen molar-refractivity contribution in [2.75, 3.05) is 25.0 Å². The topological polar surface area (TPSA) is 93.5 Å². The van der Waals surface area contributed by atoms with Gasteiger partial charge in [0.1, 0.15) is 6.61 Å². The van der Waals surface area contributed by atoms with Crippen molar-refractivity contribution in [1.29, 1.82) is 0 Å². The summed E-state index contributed by atoms with van der Waals surface area (Å²) in [6.45, 7) is 0.602. The zero-order valence-corrected chi connectivity index (χ0v) is 10.4. The smallest absolute Gasteiger partial charge is 0.404 e. The van der Waals surface area contributed by atoms with Crippen molar-refractivity contribution in [3.8, 4) is 0 Å². The molecule has 1 rings (SSSR count). The fourth-order valence-electron chi connectivity index (χ4n) is 1.16. The van der Waals surface area contributed by atoms with Crippen LogP contribution in [0.4, 0.5) is 10.5 Å². The number of hydrogen-bond acceptors (Lipinski definition) is 4. The van der Waals surface area contributed by atoms with Crippen LogP contribution in [0.1, 0.15) is 0 Å². The van der Waals surface area contributed by atoms with Gasteiger partial charge in [-0.25, -0.2) is 4.79 Å². The van der Waals surface area contributed by atoms with Crippen molar-refractivity contribution in [3.63, 3.8) is 0 Å². The van der Waals surface area contributed by atoms with E-state index in [9.17, 15) is 9.59 Å². The van der Waals surface area contributed by atoms with Crippen molar-refractivity contribution in [2.45, 2.75) is 0 Å². The number of anilines is 1. The van der Waals surface area contributed by atoms with Crippen LogP contribution in [0.25, 0.3) is 0 Å². The molecule has 2 amide bonds. The van der Waals surface area contributed by atoms with E-state index in [1.165, 1.54) is 0 Å². The highest BCUT2D eigenvalue weighted by molar-refractivity contribution is 6.30. The first-order valence-corrected chi connectivity index (χ1v) is 5.64. The molecule has 0 aliphatic rings. The van der Waals surface area contributed by atoms with Crippen molar-refractivity contribution in [2.24, 2.45) is 5.73 Å². The van der Waals surface area contributed by atoms with Crippen LogP contribution in [0.2, 0.25) is 5.02 Å². The first-order chi connectivity index (χ1) is 8.58. The van der Waals surface area contributed by atoms with Crippen LogP contribution in [0, 0.1) is 0 Å². The zero-order chi connectivity index (χ0) is 13.4. The predicted molar refractivity (Wildman–Crippen MR) is 68.5 cm³/mol. The van der Waals surface area contributed by atoms with Crippen molar-refractivity contribution in [3.05, 3.63) is 29.3 Å². The lowest BCUT2D eigenvalue weighted by Crippen LogP contribution is -2.31. The molecule has 0 spiro atoms. The van der Waals surface area contributed by atoms with Crippen molar-refractivity contribution >= 4 is 29.3 Å². The highest BCUT2D eigenvalue weighted by Gasteiger charge is 2.01. The van der Waals surface area contributed by atoms with Gasteiger partial charge < -0.3 is 21.1 Å². The molecule has 18 heavy (non-hydrogen) atoms. The molecule has 98 valence electrons. The molecule has 0 aromatic heterocycles. The largest absolute Gasteiger partial charge is 0.448 e. The van der Waals surface area contributed by atoms with E-state index >= 15 is 0 Å². The van der Waals surface area contributed by atoms with Gasteiger partial charge in [0.25, 0.3) is 0 Å². The number of rotatable bonds is 6. The zero-order valence-electron chi connectivity index (χ0n) is 9.61. The van der Waals surface area contributed by atoms with Crippen LogP contribution in [-0.4, -0.2) is 31.7 Å². The van der Waals surface area contributed by atoms with E-state index in [-0.39, 0.29) is 19.1 Å². The normalized spacial score (nSPS) is 9.83. The molecule has 7 heteroatoms. The Balaban J connectivity index is 2.17. The quantitative estimate of drug-likeness (QED) is 0.672. The molecule has 6 nitrogen and oxygen atoms in total. The molecular formula is C11H14ClN3O3. The lowest BCUT2D eigenvalue weighted by Gasteiger charge is -2.06. The third-order valence-corrected chi connectivity index (χ3v) is 2.19. The molecule has 1 aromatic carbocycles. The summed E-state index contributed by atoms with van der Waals surface area (Å²) < 4.78 is 4.49. The number of nitrogens with two attached hydrogens (primary N) is 1. The van der Waals surface area contributed by atoms with E-state index in [4.69, 9.17) is 17.3 Å². The predicted octanol–water partition coefficient (Wildman–Crippen LogP) is 0.963. The Labute approximate surface area is 109 Å². The van der Waals surface area contributed by atoms with Crippen LogP contribution < -0.4 is 16.4 Å². The van der Waals surface area contributed by atoms with E-state index in [1.54, 1.807) is 24.3 Å². The minimum Gasteiger partial charge on any atom is -0.448 e. The molecule has 0 radical (unpaired) electrons. The third kappa shape index (κ3) is 6.07. The first kappa shape index (κ1) is 14.3. The number of hydrogen-bond donors (Lipinski definition) is 3. The molecule has 4 N–H and O–H groups in total. The monoisotopic (exact) mass is 271 g/mol. The molecule has 0 saturated carbocycles. The summed E-state index contributed by atoms with van der Waals surface area (Å²) in [5, 5.41) is 6.08. The summed E-state index contributed by atoms with van der Waals surface area (Å²) >= 11 is 5.72. The van der Waals surface area contributed by atoms with Crippen LogP contribution in [0.15, 0.2) is 24.3 Å². The summed E-state index contributed by atoms with van der Waals surface area (Å²) in [5.74, 6) is -0.198. The van der Waals surface area contributed by atoms with E-state index in [1.807, 2.05) is 0 Å². The minimum atomic E-state index is -0.831. The highest BCUT2D eigenvalue weighted by atomic mass is 35.5. The summed E-state index contributed by atoms with van der Waals surface area (Å²) in [7, 11) is 0. The number of benzene rings is 1. The van der Waals surface area contributed by atoms with E-state index < -0.39 is 6.09 Å². The molecule has 0 unspecified atom stereocenters. The summed E-state index contributed by atoms with van der Waals surface area (Å²) in [6, 6.07) is 6.78. The van der Waals surface area contributed by atoms with Crippen molar-refractivity contribution < 1.29 is 14.3 Å². The van der Waals surface area contributed by atoms with Crippen LogP contribution in [0.5, 0.6) is 0 Å². The van der Waals surface area contributed by atoms with Gasteiger partial charge >= 0.3 is 6.09 Å². The first-order valence-electron chi connectivity index (χ1n) is 5.26. The number of ether oxygens (including phenoxy) is 1. The molecule has 0 fully saturated rings.